The number of hydrogen-bond acceptors (Lipinski definition) is 4. The van der Waals surface area contributed by atoms with Crippen molar-refractivity contribution in [2.75, 3.05) is 32.8 Å². The number of likely N-dealkylation sites (tertiary alicyclic amines) is 1. The van der Waals surface area contributed by atoms with Gasteiger partial charge in [-0.1, -0.05) is 12.1 Å². The normalized spacial score (nSPS) is 25.3. The number of fused-ring (bicyclic) bond motifs is 1. The van der Waals surface area contributed by atoms with Gasteiger partial charge in [0, 0.05) is 39.0 Å². The van der Waals surface area contributed by atoms with Gasteiger partial charge in [0.25, 0.3) is 0 Å². The third-order valence-electron chi connectivity index (χ3n) is 4.84. The molecule has 1 aromatic carbocycles. The zero-order chi connectivity index (χ0) is 16.2. The first-order valence-electron chi connectivity index (χ1n) is 8.24. The highest BCUT2D eigenvalue weighted by Crippen LogP contribution is 2.25. The second-order valence-corrected chi connectivity index (χ2v) is 6.47. The summed E-state index contributed by atoms with van der Waals surface area (Å²) in [5.74, 6) is 0.577. The summed E-state index contributed by atoms with van der Waals surface area (Å²) >= 11 is 0. The number of carbonyl (C=O) groups excluding carboxylic acids is 1. The van der Waals surface area contributed by atoms with Crippen molar-refractivity contribution in [2.24, 2.45) is 5.92 Å². The smallest absolute Gasteiger partial charge is 0.219 e. The van der Waals surface area contributed by atoms with Crippen LogP contribution in [0.3, 0.4) is 0 Å². The fraction of sp³-hybridized carbons (Fsp3) is 0.556. The summed E-state index contributed by atoms with van der Waals surface area (Å²) in [5, 5.41) is 9.01. The van der Waals surface area contributed by atoms with Crippen LogP contribution in [0, 0.1) is 17.2 Å². The lowest BCUT2D eigenvalue weighted by Crippen LogP contribution is -2.46. The number of piperidine rings is 1. The van der Waals surface area contributed by atoms with Crippen molar-refractivity contribution in [3.63, 3.8) is 0 Å². The molecule has 2 aliphatic heterocycles. The molecule has 5 heteroatoms. The topological polar surface area (TPSA) is 56.6 Å². The van der Waals surface area contributed by atoms with Crippen LogP contribution in [0.4, 0.5) is 0 Å². The Kier molecular flexibility index (Phi) is 4.94. The Morgan fingerprint density at radius 1 is 1.39 bits per heavy atom. The molecule has 1 aromatic rings. The molecule has 1 amide bonds. The summed E-state index contributed by atoms with van der Waals surface area (Å²) in [6.07, 6.45) is 1.25. The van der Waals surface area contributed by atoms with Crippen molar-refractivity contribution in [3.05, 3.63) is 35.4 Å². The van der Waals surface area contributed by atoms with Crippen molar-refractivity contribution >= 4 is 5.91 Å². The summed E-state index contributed by atoms with van der Waals surface area (Å²) in [5.41, 5.74) is 1.88. The van der Waals surface area contributed by atoms with Crippen LogP contribution in [-0.4, -0.2) is 54.6 Å². The van der Waals surface area contributed by atoms with Gasteiger partial charge >= 0.3 is 0 Å². The van der Waals surface area contributed by atoms with Gasteiger partial charge in [0.05, 0.1) is 24.3 Å². The molecule has 0 spiro atoms. The first kappa shape index (κ1) is 16.0. The van der Waals surface area contributed by atoms with Gasteiger partial charge in [0.2, 0.25) is 5.91 Å². The average molecular weight is 313 g/mol. The zero-order valence-electron chi connectivity index (χ0n) is 13.6. The molecule has 0 bridgehead atoms. The molecule has 0 N–H and O–H groups in total. The molecule has 2 saturated heterocycles. The minimum atomic E-state index is 0.144. The molecular formula is C18H23N3O2. The van der Waals surface area contributed by atoms with Crippen LogP contribution >= 0.6 is 0 Å². The molecule has 2 atom stereocenters. The largest absolute Gasteiger partial charge is 0.375 e. The standard InChI is InChI=1S/C18H23N3O2/c1-14(22)21-7-8-23-18-13-20(6-5-17(18)12-21)11-16-4-2-3-15(9-16)10-19/h2-4,9,17-18H,5-8,11-13H2,1H3/t17-,18-/m0/s1. The van der Waals surface area contributed by atoms with E-state index in [-0.39, 0.29) is 12.0 Å². The summed E-state index contributed by atoms with van der Waals surface area (Å²) in [6.45, 7) is 6.53. The fourth-order valence-corrected chi connectivity index (χ4v) is 3.54. The molecule has 2 heterocycles. The van der Waals surface area contributed by atoms with E-state index >= 15 is 0 Å². The monoisotopic (exact) mass is 313 g/mol. The summed E-state index contributed by atoms with van der Waals surface area (Å²) in [4.78, 5) is 15.9. The lowest BCUT2D eigenvalue weighted by atomic mass is 9.93. The van der Waals surface area contributed by atoms with Crippen LogP contribution in [0.1, 0.15) is 24.5 Å². The molecule has 5 nitrogen and oxygen atoms in total. The van der Waals surface area contributed by atoms with Crippen molar-refractivity contribution < 1.29 is 9.53 Å². The molecule has 0 aliphatic carbocycles. The minimum Gasteiger partial charge on any atom is -0.375 e. The number of amides is 1. The molecule has 0 aromatic heterocycles. The van der Waals surface area contributed by atoms with Crippen LogP contribution in [-0.2, 0) is 16.1 Å². The van der Waals surface area contributed by atoms with Gasteiger partial charge in [-0.2, -0.15) is 5.26 Å². The van der Waals surface area contributed by atoms with Gasteiger partial charge in [0.15, 0.2) is 0 Å². The maximum atomic E-state index is 11.6. The number of benzene rings is 1. The van der Waals surface area contributed by atoms with E-state index in [0.29, 0.717) is 24.6 Å². The summed E-state index contributed by atoms with van der Waals surface area (Å²) in [6, 6.07) is 9.99. The number of nitrogens with zero attached hydrogens (tertiary/aromatic N) is 3. The van der Waals surface area contributed by atoms with Crippen molar-refractivity contribution in [1.82, 2.24) is 9.80 Å². The number of hydrogen-bond donors (Lipinski definition) is 0. The van der Waals surface area contributed by atoms with Gasteiger partial charge in [-0.3, -0.25) is 9.69 Å². The van der Waals surface area contributed by atoms with Gasteiger partial charge in [-0.15, -0.1) is 0 Å². The highest BCUT2D eigenvalue weighted by atomic mass is 16.5. The van der Waals surface area contributed by atoms with E-state index < -0.39 is 0 Å². The second-order valence-electron chi connectivity index (χ2n) is 6.47. The zero-order valence-corrected chi connectivity index (χ0v) is 13.6. The molecule has 2 aliphatic rings. The SMILES string of the molecule is CC(=O)N1CCO[C@H]2CN(Cc3cccc(C#N)c3)CC[C@H]2C1. The first-order valence-corrected chi connectivity index (χ1v) is 8.24. The van der Waals surface area contributed by atoms with E-state index in [2.05, 4.69) is 17.0 Å². The van der Waals surface area contributed by atoms with Crippen molar-refractivity contribution in [1.29, 1.82) is 5.26 Å². The Balaban J connectivity index is 1.61. The van der Waals surface area contributed by atoms with Gasteiger partial charge in [0.1, 0.15) is 0 Å². The van der Waals surface area contributed by atoms with Crippen LogP contribution in [0.5, 0.6) is 0 Å². The third kappa shape index (κ3) is 3.90. The number of nitriles is 1. The molecule has 2 fully saturated rings. The quantitative estimate of drug-likeness (QED) is 0.833. The van der Waals surface area contributed by atoms with Gasteiger partial charge in [-0.05, 0) is 30.7 Å². The molecular weight excluding hydrogens is 290 g/mol. The number of rotatable bonds is 2. The van der Waals surface area contributed by atoms with E-state index in [1.54, 1.807) is 6.92 Å². The predicted octanol–water partition coefficient (Wildman–Crippen LogP) is 1.63. The maximum Gasteiger partial charge on any atom is 0.219 e. The van der Waals surface area contributed by atoms with Crippen LogP contribution in [0.25, 0.3) is 0 Å². The van der Waals surface area contributed by atoms with Crippen molar-refractivity contribution in [2.45, 2.75) is 26.0 Å². The Hall–Kier alpha value is -1.90. The minimum absolute atomic E-state index is 0.144. The first-order chi connectivity index (χ1) is 11.2. The Morgan fingerprint density at radius 2 is 2.26 bits per heavy atom. The summed E-state index contributed by atoms with van der Waals surface area (Å²) in [7, 11) is 0. The van der Waals surface area contributed by atoms with E-state index in [0.717, 1.165) is 32.6 Å². The third-order valence-corrected chi connectivity index (χ3v) is 4.84. The lowest BCUT2D eigenvalue weighted by Gasteiger charge is -2.38. The number of carbonyl (C=O) groups is 1. The highest BCUT2D eigenvalue weighted by Gasteiger charge is 2.33. The fourth-order valence-electron chi connectivity index (χ4n) is 3.54. The Bertz CT molecular complexity index is 611. The van der Waals surface area contributed by atoms with Gasteiger partial charge in [-0.25, -0.2) is 0 Å². The molecule has 3 rings (SSSR count). The molecule has 23 heavy (non-hydrogen) atoms. The maximum absolute atomic E-state index is 11.6. The summed E-state index contributed by atoms with van der Waals surface area (Å²) < 4.78 is 6.01. The highest BCUT2D eigenvalue weighted by molar-refractivity contribution is 5.73. The second kappa shape index (κ2) is 7.12. The Morgan fingerprint density at radius 3 is 3.04 bits per heavy atom. The van der Waals surface area contributed by atoms with Crippen molar-refractivity contribution in [3.8, 4) is 6.07 Å². The molecule has 0 unspecified atom stereocenters. The van der Waals surface area contributed by atoms with E-state index in [4.69, 9.17) is 10.00 Å². The van der Waals surface area contributed by atoms with E-state index in [9.17, 15) is 4.79 Å². The van der Waals surface area contributed by atoms with Crippen LogP contribution in [0.15, 0.2) is 24.3 Å². The molecule has 0 saturated carbocycles. The van der Waals surface area contributed by atoms with Gasteiger partial charge < -0.3 is 9.64 Å². The molecule has 122 valence electrons. The number of ether oxygens (including phenoxy) is 1. The Labute approximate surface area is 137 Å². The lowest BCUT2D eigenvalue weighted by molar-refractivity contribution is -0.129. The average Bonchev–Trinajstić information content (AvgIpc) is 2.77. The van der Waals surface area contributed by atoms with Crippen LogP contribution in [0.2, 0.25) is 0 Å². The molecule has 0 radical (unpaired) electrons. The van der Waals surface area contributed by atoms with E-state index in [1.807, 2.05) is 23.1 Å². The van der Waals surface area contributed by atoms with Crippen LogP contribution < -0.4 is 0 Å². The van der Waals surface area contributed by atoms with E-state index in [1.165, 1.54) is 5.56 Å². The predicted molar refractivity (Wildman–Crippen MR) is 86.5 cm³/mol.